The molecule has 2 rings (SSSR count). The van der Waals surface area contributed by atoms with Crippen LogP contribution in [-0.2, 0) is 25.0 Å². The molecule has 1 unspecified atom stereocenters. The van der Waals surface area contributed by atoms with E-state index in [0.29, 0.717) is 5.56 Å². The van der Waals surface area contributed by atoms with Gasteiger partial charge in [0.05, 0.1) is 5.25 Å². The van der Waals surface area contributed by atoms with Crippen molar-refractivity contribution >= 4 is 28.1 Å². The highest BCUT2D eigenvalue weighted by Crippen LogP contribution is 2.38. The van der Waals surface area contributed by atoms with E-state index in [1.54, 1.807) is 30.3 Å². The molecule has 10 heteroatoms. The van der Waals surface area contributed by atoms with Crippen LogP contribution in [0.5, 0.6) is 5.75 Å². The number of hydrogen-bond acceptors (Lipinski definition) is 6. The Labute approximate surface area is 158 Å². The van der Waals surface area contributed by atoms with Crippen LogP contribution < -0.4 is 4.74 Å². The molecular weight excluding hydrogens is 405 g/mol. The molecule has 0 N–H and O–H groups in total. The van der Waals surface area contributed by atoms with Crippen LogP contribution in [0.4, 0.5) is 13.2 Å². The first-order chi connectivity index (χ1) is 12.6. The van der Waals surface area contributed by atoms with Gasteiger partial charge in [0.1, 0.15) is 5.75 Å². The summed E-state index contributed by atoms with van der Waals surface area (Å²) in [6.07, 6.45) is 0.228. The van der Waals surface area contributed by atoms with Crippen molar-refractivity contribution in [3.63, 3.8) is 0 Å². The van der Waals surface area contributed by atoms with E-state index < -0.39 is 26.8 Å². The zero-order valence-electron chi connectivity index (χ0n) is 14.0. The summed E-state index contributed by atoms with van der Waals surface area (Å²) in [5, 5.41) is -0.740. The maximum absolute atomic E-state index is 12.5. The molecular formula is C17H15F3O5S2. The van der Waals surface area contributed by atoms with Gasteiger partial charge in [0.2, 0.25) is 0 Å². The number of benzene rings is 2. The van der Waals surface area contributed by atoms with Crippen molar-refractivity contribution in [2.75, 3.05) is 0 Å². The smallest absolute Gasteiger partial charge is 0.427 e. The molecule has 146 valence electrons. The molecule has 0 spiro atoms. The number of hydrogen-bond donors (Lipinski definition) is 0. The molecule has 0 saturated heterocycles. The SMILES string of the molecule is CC(=O)Oc1ccc(C(Cc2ccccc2)SOS(=O)(=O)C(F)(F)F)cc1. The van der Waals surface area contributed by atoms with E-state index in [1.165, 1.54) is 31.2 Å². The van der Waals surface area contributed by atoms with Gasteiger partial charge < -0.3 is 4.74 Å². The average Bonchev–Trinajstić information content (AvgIpc) is 2.59. The van der Waals surface area contributed by atoms with E-state index in [0.717, 1.165) is 5.56 Å². The first-order valence-corrected chi connectivity index (χ1v) is 9.78. The van der Waals surface area contributed by atoms with Crippen LogP contribution in [0.25, 0.3) is 0 Å². The third-order valence-electron chi connectivity index (χ3n) is 3.31. The molecule has 0 aliphatic carbocycles. The minimum Gasteiger partial charge on any atom is -0.427 e. The molecule has 2 aromatic carbocycles. The maximum Gasteiger partial charge on any atom is 0.524 e. The van der Waals surface area contributed by atoms with Crippen molar-refractivity contribution in [1.82, 2.24) is 0 Å². The maximum atomic E-state index is 12.5. The summed E-state index contributed by atoms with van der Waals surface area (Å²) >= 11 is 0.207. The monoisotopic (exact) mass is 420 g/mol. The topological polar surface area (TPSA) is 69.7 Å². The summed E-state index contributed by atoms with van der Waals surface area (Å²) in [4.78, 5) is 11.0. The van der Waals surface area contributed by atoms with E-state index in [4.69, 9.17) is 4.74 Å². The lowest BCUT2D eigenvalue weighted by atomic mass is 10.0. The van der Waals surface area contributed by atoms with E-state index in [9.17, 15) is 26.4 Å². The third kappa shape index (κ3) is 6.26. The predicted octanol–water partition coefficient (Wildman–Crippen LogP) is 4.41. The Morgan fingerprint density at radius 3 is 2.19 bits per heavy atom. The molecule has 1 atom stereocenters. The third-order valence-corrected chi connectivity index (χ3v) is 5.57. The molecule has 27 heavy (non-hydrogen) atoms. The van der Waals surface area contributed by atoms with Crippen LogP contribution in [-0.4, -0.2) is 19.9 Å². The zero-order valence-corrected chi connectivity index (χ0v) is 15.6. The molecule has 5 nitrogen and oxygen atoms in total. The van der Waals surface area contributed by atoms with E-state index >= 15 is 0 Å². The van der Waals surface area contributed by atoms with Crippen LogP contribution in [0.15, 0.2) is 54.6 Å². The van der Waals surface area contributed by atoms with Crippen molar-refractivity contribution in [3.8, 4) is 5.75 Å². The van der Waals surface area contributed by atoms with E-state index in [2.05, 4.69) is 3.63 Å². The van der Waals surface area contributed by atoms with Gasteiger partial charge in [0.25, 0.3) is 0 Å². The van der Waals surface area contributed by atoms with Gasteiger partial charge in [-0.3, -0.25) is 4.79 Å². The van der Waals surface area contributed by atoms with Crippen LogP contribution in [0.3, 0.4) is 0 Å². The highest BCUT2D eigenvalue weighted by atomic mass is 32.3. The van der Waals surface area contributed by atoms with Crippen molar-refractivity contribution in [2.45, 2.75) is 24.1 Å². The molecule has 0 heterocycles. The fraction of sp³-hybridized carbons (Fsp3) is 0.235. The predicted molar refractivity (Wildman–Crippen MR) is 94.3 cm³/mol. The average molecular weight is 420 g/mol. The molecule has 0 aromatic heterocycles. The molecule has 0 bridgehead atoms. The molecule has 0 radical (unpaired) electrons. The summed E-state index contributed by atoms with van der Waals surface area (Å²) < 4.78 is 69.0. The molecule has 0 aliphatic rings. The minimum atomic E-state index is -5.72. The van der Waals surface area contributed by atoms with Crippen LogP contribution >= 0.6 is 12.0 Å². The number of rotatable bonds is 7. The van der Waals surface area contributed by atoms with Crippen molar-refractivity contribution in [1.29, 1.82) is 0 Å². The molecule has 0 aliphatic heterocycles. The molecule has 2 aromatic rings. The zero-order chi connectivity index (χ0) is 20.1. The first-order valence-electron chi connectivity index (χ1n) is 7.57. The highest BCUT2D eigenvalue weighted by Gasteiger charge is 2.48. The highest BCUT2D eigenvalue weighted by molar-refractivity contribution is 8.04. The minimum absolute atomic E-state index is 0.207. The van der Waals surface area contributed by atoms with Crippen molar-refractivity contribution in [3.05, 3.63) is 65.7 Å². The Morgan fingerprint density at radius 1 is 1.07 bits per heavy atom. The van der Waals surface area contributed by atoms with Gasteiger partial charge in [-0.1, -0.05) is 42.5 Å². The summed E-state index contributed by atoms with van der Waals surface area (Å²) in [7, 11) is -5.72. The summed E-state index contributed by atoms with van der Waals surface area (Å²) in [6.45, 7) is 1.23. The van der Waals surface area contributed by atoms with Gasteiger partial charge in [-0.25, -0.2) is 0 Å². The number of carbonyl (C=O) groups is 1. The van der Waals surface area contributed by atoms with Gasteiger partial charge in [-0.05, 0) is 29.7 Å². The van der Waals surface area contributed by atoms with Gasteiger partial charge in [-0.15, -0.1) is 0 Å². The number of esters is 1. The standard InChI is InChI=1S/C17H15F3O5S2/c1-12(21)24-15-9-7-14(8-10-15)16(11-13-5-3-2-4-6-13)26-25-27(22,23)17(18,19)20/h2-10,16H,11H2,1H3. The van der Waals surface area contributed by atoms with Crippen molar-refractivity contribution < 1.29 is 34.7 Å². The van der Waals surface area contributed by atoms with Gasteiger partial charge >= 0.3 is 21.6 Å². The lowest BCUT2D eigenvalue weighted by molar-refractivity contribution is -0.131. The van der Waals surface area contributed by atoms with Gasteiger partial charge in [0, 0.05) is 19.0 Å². The van der Waals surface area contributed by atoms with E-state index in [1.807, 2.05) is 0 Å². The second-order valence-electron chi connectivity index (χ2n) is 5.41. The summed E-state index contributed by atoms with van der Waals surface area (Å²) in [5.41, 5.74) is -4.21. The molecule has 0 saturated carbocycles. The fourth-order valence-electron chi connectivity index (χ4n) is 2.09. The number of alkyl halides is 3. The number of carbonyl (C=O) groups excluding carboxylic acids is 1. The Hall–Kier alpha value is -2.04. The first kappa shape index (κ1) is 21.3. The van der Waals surface area contributed by atoms with Crippen LogP contribution in [0.2, 0.25) is 0 Å². The van der Waals surface area contributed by atoms with Crippen LogP contribution in [0, 0.1) is 0 Å². The quantitative estimate of drug-likeness (QED) is 0.286. The van der Waals surface area contributed by atoms with Gasteiger partial charge in [0.15, 0.2) is 0 Å². The Balaban J connectivity index is 2.23. The fourth-order valence-corrected chi connectivity index (χ4v) is 3.72. The normalized spacial score (nSPS) is 13.2. The second kappa shape index (κ2) is 8.77. The summed E-state index contributed by atoms with van der Waals surface area (Å²) in [5.74, 6) is -0.254. The molecule has 0 fully saturated rings. The Morgan fingerprint density at radius 2 is 1.67 bits per heavy atom. The lowest BCUT2D eigenvalue weighted by Gasteiger charge is -2.17. The Bertz CT molecular complexity index is 866. The van der Waals surface area contributed by atoms with Crippen LogP contribution in [0.1, 0.15) is 23.3 Å². The van der Waals surface area contributed by atoms with Crippen molar-refractivity contribution in [2.24, 2.45) is 0 Å². The number of ether oxygens (including phenoxy) is 1. The largest absolute Gasteiger partial charge is 0.524 e. The van der Waals surface area contributed by atoms with Gasteiger partial charge in [-0.2, -0.15) is 25.2 Å². The lowest BCUT2D eigenvalue weighted by Crippen LogP contribution is -2.23. The Kier molecular flexibility index (Phi) is 6.90. The second-order valence-corrected chi connectivity index (χ2v) is 8.08. The molecule has 0 amide bonds. The number of halogens is 3. The summed E-state index contributed by atoms with van der Waals surface area (Å²) in [6, 6.07) is 14.8. The van der Waals surface area contributed by atoms with E-state index in [-0.39, 0.29) is 24.2 Å².